The van der Waals surface area contributed by atoms with Crippen LogP contribution in [0, 0.1) is 0 Å². The second-order valence-electron chi connectivity index (χ2n) is 7.94. The smallest absolute Gasteiger partial charge is 0.262 e. The van der Waals surface area contributed by atoms with Gasteiger partial charge in [0.05, 0.1) is 0 Å². The molecule has 3 N–H and O–H groups in total. The molecule has 0 bridgehead atoms. The Morgan fingerprint density at radius 2 is 1.68 bits per heavy atom. The van der Waals surface area contributed by atoms with Gasteiger partial charge in [-0.25, -0.2) is 0 Å². The summed E-state index contributed by atoms with van der Waals surface area (Å²) >= 11 is 0. The molecule has 0 aromatic heterocycles. The van der Waals surface area contributed by atoms with Crippen molar-refractivity contribution >= 4 is 34.2 Å². The van der Waals surface area contributed by atoms with Crippen molar-refractivity contribution in [1.29, 1.82) is 0 Å². The number of carbonyl (C=O) groups excluding carboxylic acids is 3. The van der Waals surface area contributed by atoms with Crippen molar-refractivity contribution in [3.05, 3.63) is 72.3 Å². The normalized spacial score (nSPS) is 15.0. The van der Waals surface area contributed by atoms with Gasteiger partial charge in [0.15, 0.2) is 6.61 Å². The van der Waals surface area contributed by atoms with Crippen LogP contribution >= 0.6 is 0 Å². The van der Waals surface area contributed by atoms with E-state index in [-0.39, 0.29) is 30.4 Å². The van der Waals surface area contributed by atoms with Gasteiger partial charge in [-0.05, 0) is 48.6 Å². The fourth-order valence-corrected chi connectivity index (χ4v) is 3.73. The Hall–Kier alpha value is -3.91. The molecular formula is C26H27N3O5. The van der Waals surface area contributed by atoms with Crippen molar-refractivity contribution in [2.75, 3.05) is 31.6 Å². The molecule has 1 fully saturated rings. The second-order valence-corrected chi connectivity index (χ2v) is 7.94. The van der Waals surface area contributed by atoms with Crippen molar-refractivity contribution in [2.24, 2.45) is 0 Å². The summed E-state index contributed by atoms with van der Waals surface area (Å²) in [5, 5.41) is 10.3. The van der Waals surface area contributed by atoms with Crippen molar-refractivity contribution < 1.29 is 23.9 Å². The minimum Gasteiger partial charge on any atom is -0.483 e. The van der Waals surface area contributed by atoms with E-state index in [0.29, 0.717) is 36.7 Å². The fourth-order valence-electron chi connectivity index (χ4n) is 3.73. The number of nitrogens with one attached hydrogen (secondary N) is 3. The van der Waals surface area contributed by atoms with Gasteiger partial charge in [-0.1, -0.05) is 36.4 Å². The number of hydrogen-bond donors (Lipinski definition) is 3. The lowest BCUT2D eigenvalue weighted by Crippen LogP contribution is -2.39. The van der Waals surface area contributed by atoms with Crippen LogP contribution in [-0.2, 0) is 14.3 Å². The van der Waals surface area contributed by atoms with Crippen LogP contribution in [0.15, 0.2) is 66.7 Å². The molecule has 3 aromatic rings. The van der Waals surface area contributed by atoms with E-state index in [9.17, 15) is 14.4 Å². The minimum absolute atomic E-state index is 0.131. The number of ether oxygens (including phenoxy) is 2. The Morgan fingerprint density at radius 3 is 2.47 bits per heavy atom. The standard InChI is InChI=1S/C26H27N3O5/c30-24(17-34-22-8-3-6-18-5-1-2-7-21(18)22)29-20-12-10-19(11-13-20)25(31)27-14-15-28-26(32)23-9-4-16-33-23/h1-3,5-8,10-13,23H,4,9,14-17H2,(H,27,31)(H,28,32)(H,29,30). The van der Waals surface area contributed by atoms with Crippen LogP contribution in [0.5, 0.6) is 5.75 Å². The zero-order chi connectivity index (χ0) is 23.8. The molecule has 0 radical (unpaired) electrons. The van der Waals surface area contributed by atoms with E-state index >= 15 is 0 Å². The molecule has 1 heterocycles. The van der Waals surface area contributed by atoms with E-state index in [2.05, 4.69) is 16.0 Å². The van der Waals surface area contributed by atoms with Gasteiger partial charge >= 0.3 is 0 Å². The molecule has 1 unspecified atom stereocenters. The molecule has 1 aliphatic heterocycles. The summed E-state index contributed by atoms with van der Waals surface area (Å²) in [4.78, 5) is 36.5. The quantitative estimate of drug-likeness (QED) is 0.425. The number of fused-ring (bicyclic) bond motifs is 1. The van der Waals surface area contributed by atoms with Crippen LogP contribution in [0.4, 0.5) is 5.69 Å². The highest BCUT2D eigenvalue weighted by Crippen LogP contribution is 2.25. The van der Waals surface area contributed by atoms with E-state index in [1.165, 1.54) is 0 Å². The highest BCUT2D eigenvalue weighted by molar-refractivity contribution is 5.96. The van der Waals surface area contributed by atoms with E-state index in [0.717, 1.165) is 23.6 Å². The molecule has 3 aromatic carbocycles. The Balaban J connectivity index is 1.20. The number of amides is 3. The number of anilines is 1. The maximum atomic E-state index is 12.3. The first-order chi connectivity index (χ1) is 16.6. The number of carbonyl (C=O) groups is 3. The Morgan fingerprint density at radius 1 is 0.912 bits per heavy atom. The average Bonchev–Trinajstić information content (AvgIpc) is 3.41. The highest BCUT2D eigenvalue weighted by atomic mass is 16.5. The molecule has 1 saturated heterocycles. The second kappa shape index (κ2) is 11.3. The third-order valence-electron chi connectivity index (χ3n) is 5.47. The van der Waals surface area contributed by atoms with E-state index in [4.69, 9.17) is 9.47 Å². The van der Waals surface area contributed by atoms with E-state index in [1.54, 1.807) is 24.3 Å². The van der Waals surface area contributed by atoms with Gasteiger partial charge in [-0.2, -0.15) is 0 Å². The molecule has 4 rings (SSSR count). The van der Waals surface area contributed by atoms with Gasteiger partial charge in [0.2, 0.25) is 5.91 Å². The third-order valence-corrected chi connectivity index (χ3v) is 5.47. The Kier molecular flexibility index (Phi) is 7.72. The van der Waals surface area contributed by atoms with E-state index < -0.39 is 0 Å². The first-order valence-electron chi connectivity index (χ1n) is 11.3. The lowest BCUT2D eigenvalue weighted by atomic mass is 10.1. The molecule has 0 spiro atoms. The minimum atomic E-state index is -0.379. The predicted octanol–water partition coefficient (Wildman–Crippen LogP) is 2.88. The largest absolute Gasteiger partial charge is 0.483 e. The van der Waals surface area contributed by atoms with Crippen LogP contribution in [-0.4, -0.2) is 50.1 Å². The monoisotopic (exact) mass is 461 g/mol. The maximum Gasteiger partial charge on any atom is 0.262 e. The summed E-state index contributed by atoms with van der Waals surface area (Å²) in [5.74, 6) is -0.0563. The first kappa shape index (κ1) is 23.3. The summed E-state index contributed by atoms with van der Waals surface area (Å²) in [6.45, 7) is 1.12. The maximum absolute atomic E-state index is 12.3. The molecular weight excluding hydrogens is 434 g/mol. The Bertz CT molecular complexity index is 1150. The van der Waals surface area contributed by atoms with Gasteiger partial charge in [0.1, 0.15) is 11.9 Å². The van der Waals surface area contributed by atoms with Crippen molar-refractivity contribution in [2.45, 2.75) is 18.9 Å². The van der Waals surface area contributed by atoms with Crippen molar-refractivity contribution in [3.63, 3.8) is 0 Å². The number of hydrogen-bond acceptors (Lipinski definition) is 5. The summed E-state index contributed by atoms with van der Waals surface area (Å²) in [6, 6.07) is 20.1. The van der Waals surface area contributed by atoms with Crippen molar-refractivity contribution in [3.8, 4) is 5.75 Å². The number of benzene rings is 3. The van der Waals surface area contributed by atoms with Gasteiger partial charge < -0.3 is 25.4 Å². The predicted molar refractivity (Wildman–Crippen MR) is 129 cm³/mol. The zero-order valence-corrected chi connectivity index (χ0v) is 18.7. The topological polar surface area (TPSA) is 106 Å². The molecule has 1 aliphatic rings. The van der Waals surface area contributed by atoms with Gasteiger partial charge in [-0.3, -0.25) is 14.4 Å². The van der Waals surface area contributed by atoms with Crippen LogP contribution in [0.3, 0.4) is 0 Å². The van der Waals surface area contributed by atoms with Gasteiger partial charge in [0, 0.05) is 36.3 Å². The van der Waals surface area contributed by atoms with Crippen molar-refractivity contribution in [1.82, 2.24) is 10.6 Å². The highest BCUT2D eigenvalue weighted by Gasteiger charge is 2.22. The molecule has 0 aliphatic carbocycles. The lowest BCUT2D eigenvalue weighted by molar-refractivity contribution is -0.130. The SMILES string of the molecule is O=C(COc1cccc2ccccc12)Nc1ccc(C(=O)NCCNC(=O)C2CCCO2)cc1. The first-order valence-corrected chi connectivity index (χ1v) is 11.3. The Labute approximate surface area is 197 Å². The summed E-state index contributed by atoms with van der Waals surface area (Å²) in [7, 11) is 0. The van der Waals surface area contributed by atoms with Crippen LogP contribution in [0.1, 0.15) is 23.2 Å². The van der Waals surface area contributed by atoms with Crippen LogP contribution in [0.2, 0.25) is 0 Å². The molecule has 34 heavy (non-hydrogen) atoms. The average molecular weight is 462 g/mol. The van der Waals surface area contributed by atoms with Crippen LogP contribution in [0.25, 0.3) is 10.8 Å². The molecule has 8 nitrogen and oxygen atoms in total. The molecule has 0 saturated carbocycles. The lowest BCUT2D eigenvalue weighted by Gasteiger charge is -2.11. The number of rotatable bonds is 9. The van der Waals surface area contributed by atoms with E-state index in [1.807, 2.05) is 42.5 Å². The molecule has 176 valence electrons. The zero-order valence-electron chi connectivity index (χ0n) is 18.7. The van der Waals surface area contributed by atoms with Crippen LogP contribution < -0.4 is 20.7 Å². The van der Waals surface area contributed by atoms with Gasteiger partial charge in [-0.15, -0.1) is 0 Å². The van der Waals surface area contributed by atoms with Gasteiger partial charge in [0.25, 0.3) is 11.8 Å². The summed E-state index contributed by atoms with van der Waals surface area (Å²) < 4.78 is 11.0. The molecule has 1 atom stereocenters. The molecule has 8 heteroatoms. The third kappa shape index (κ3) is 6.11. The summed E-state index contributed by atoms with van der Waals surface area (Å²) in [5.41, 5.74) is 1.02. The fraction of sp³-hybridized carbons (Fsp3) is 0.269. The molecule has 3 amide bonds. The summed E-state index contributed by atoms with van der Waals surface area (Å²) in [6.07, 6.45) is 1.25.